The summed E-state index contributed by atoms with van der Waals surface area (Å²) in [5.74, 6) is 1.43. The van der Waals surface area contributed by atoms with Crippen LogP contribution in [0.4, 0.5) is 0 Å². The zero-order valence-electron chi connectivity index (χ0n) is 32.1. The third-order valence-electron chi connectivity index (χ3n) is 10.1. The van der Waals surface area contributed by atoms with Crippen molar-refractivity contribution in [2.75, 3.05) is 13.2 Å². The number of hydrogen-bond acceptors (Lipinski definition) is 6. The highest BCUT2D eigenvalue weighted by Crippen LogP contribution is 2.42. The Hall–Kier alpha value is -5.40. The van der Waals surface area contributed by atoms with Crippen molar-refractivity contribution in [3.05, 3.63) is 169 Å². The number of nitrogens with zero attached hydrogens (tertiary/aromatic N) is 4. The van der Waals surface area contributed by atoms with Gasteiger partial charge in [0.15, 0.2) is 0 Å². The smallest absolute Gasteiger partial charge is 0.123 e. The van der Waals surface area contributed by atoms with Crippen molar-refractivity contribution in [2.24, 2.45) is 0 Å². The fourth-order valence-corrected chi connectivity index (χ4v) is 7.43. The SMILES string of the molecule is Br.Br.Br.Br.C1=Cc2cc3cc(-c4cc(OCCc5ccccn5)cc(OCCc5ccccn5)c4)c(cc4nc(cc5ccc(cc1n2)[nH]5)-c1c-4ccc2ccccc12)[nH]3. The van der Waals surface area contributed by atoms with Gasteiger partial charge in [-0.15, -0.1) is 67.9 Å². The maximum absolute atomic E-state index is 6.41. The van der Waals surface area contributed by atoms with E-state index < -0.39 is 0 Å². The van der Waals surface area contributed by atoms with E-state index in [1.807, 2.05) is 67.0 Å². The van der Waals surface area contributed by atoms with E-state index in [0.29, 0.717) is 37.6 Å². The van der Waals surface area contributed by atoms with Crippen LogP contribution in [0.1, 0.15) is 22.8 Å². The summed E-state index contributed by atoms with van der Waals surface area (Å²) in [6.45, 7) is 0.944. The van der Waals surface area contributed by atoms with Crippen LogP contribution in [0.5, 0.6) is 11.5 Å². The van der Waals surface area contributed by atoms with Gasteiger partial charge < -0.3 is 19.4 Å². The first-order valence-corrected chi connectivity index (χ1v) is 18.8. The molecule has 10 rings (SSSR count). The third kappa shape index (κ3) is 9.63. The van der Waals surface area contributed by atoms with E-state index in [1.165, 1.54) is 5.39 Å². The summed E-state index contributed by atoms with van der Waals surface area (Å²) in [5, 5.41) is 2.34. The molecule has 0 saturated heterocycles. The van der Waals surface area contributed by atoms with Crippen LogP contribution in [-0.4, -0.2) is 43.1 Å². The maximum atomic E-state index is 6.41. The molecular weight excluding hydrogens is 1010 g/mol. The lowest BCUT2D eigenvalue weighted by molar-refractivity contribution is 0.305. The van der Waals surface area contributed by atoms with E-state index in [0.717, 1.165) is 83.9 Å². The molecular formula is C48H40Br4N6O2. The number of halogens is 4. The molecule has 0 amide bonds. The Balaban J connectivity index is 0.00000151. The number of hydrogen-bond donors (Lipinski definition) is 2. The zero-order chi connectivity index (χ0) is 37.3. The minimum Gasteiger partial charge on any atom is -0.493 e. The van der Waals surface area contributed by atoms with Crippen molar-refractivity contribution < 1.29 is 9.47 Å². The highest BCUT2D eigenvalue weighted by molar-refractivity contribution is 8.93. The van der Waals surface area contributed by atoms with Crippen LogP contribution in [0.3, 0.4) is 0 Å². The first-order valence-electron chi connectivity index (χ1n) is 18.8. The number of fused-ring (bicyclic) bond motifs is 13. The number of rotatable bonds is 9. The van der Waals surface area contributed by atoms with E-state index in [9.17, 15) is 0 Å². The van der Waals surface area contributed by atoms with Crippen molar-refractivity contribution in [3.63, 3.8) is 0 Å². The fourth-order valence-electron chi connectivity index (χ4n) is 7.43. The summed E-state index contributed by atoms with van der Waals surface area (Å²) in [4.78, 5) is 26.4. The Morgan fingerprint density at radius 2 is 1.12 bits per heavy atom. The molecule has 8 bridgehead atoms. The van der Waals surface area contributed by atoms with Gasteiger partial charge in [0.2, 0.25) is 0 Å². The Labute approximate surface area is 389 Å². The van der Waals surface area contributed by atoms with Gasteiger partial charge in [0, 0.05) is 81.4 Å². The third-order valence-corrected chi connectivity index (χ3v) is 10.1. The van der Waals surface area contributed by atoms with Crippen molar-refractivity contribution in [2.45, 2.75) is 12.8 Å². The van der Waals surface area contributed by atoms with Gasteiger partial charge in [-0.25, -0.2) is 9.97 Å². The minimum absolute atomic E-state index is 0. The summed E-state index contributed by atoms with van der Waals surface area (Å²) in [7, 11) is 0. The van der Waals surface area contributed by atoms with Crippen LogP contribution in [0, 0.1) is 0 Å². The summed E-state index contributed by atoms with van der Waals surface area (Å²) in [5.41, 5.74) is 13.4. The predicted octanol–water partition coefficient (Wildman–Crippen LogP) is 13.0. The number of aromatic nitrogens is 6. The second kappa shape index (κ2) is 19.8. The van der Waals surface area contributed by atoms with Gasteiger partial charge in [0.1, 0.15) is 11.5 Å². The summed E-state index contributed by atoms with van der Waals surface area (Å²) in [6.07, 6.45) is 9.06. The lowest BCUT2D eigenvalue weighted by atomic mass is 9.96. The van der Waals surface area contributed by atoms with E-state index in [-0.39, 0.29) is 67.9 Å². The molecule has 8 aromatic rings. The number of ether oxygens (including phenoxy) is 2. The average molecular weight is 1050 g/mol. The van der Waals surface area contributed by atoms with E-state index in [4.69, 9.17) is 19.4 Å². The standard InChI is InChI=1S/C48H36N6O2.4BrH/c1-2-10-42-31(7-1)11-16-43-45-30-46-44(27-39(53-46)26-37-13-12-35(51-37)25-36-14-15-38(52-36)28-47(54-45)48(42)43)32-23-40(55-21-17-33-8-3-5-19-49-33)29-41(24-32)56-22-18-34-9-4-6-20-50-34;;;;/h1-16,19-20,23-30,52-53H,17-18,21-22H2;4*1H. The molecule has 0 fully saturated rings. The normalized spacial score (nSPS) is 11.0. The van der Waals surface area contributed by atoms with E-state index >= 15 is 0 Å². The first kappa shape index (κ1) is 44.2. The molecule has 0 atom stereocenters. The Bertz CT molecular complexity index is 2890. The minimum atomic E-state index is 0. The molecule has 0 saturated carbocycles. The Kier molecular flexibility index (Phi) is 14.6. The zero-order valence-corrected chi connectivity index (χ0v) is 38.9. The number of pyridine rings is 2. The van der Waals surface area contributed by atoms with Gasteiger partial charge in [0.25, 0.3) is 0 Å². The van der Waals surface area contributed by atoms with Gasteiger partial charge in [0.05, 0.1) is 36.0 Å². The topological polar surface area (TPSA) is 102 Å². The highest BCUT2D eigenvalue weighted by Gasteiger charge is 2.20. The van der Waals surface area contributed by atoms with Gasteiger partial charge in [-0.3, -0.25) is 9.97 Å². The van der Waals surface area contributed by atoms with Gasteiger partial charge in [-0.2, -0.15) is 0 Å². The molecule has 0 spiro atoms. The lowest BCUT2D eigenvalue weighted by Gasteiger charge is -2.12. The van der Waals surface area contributed by atoms with Gasteiger partial charge in [-0.05, 0) is 107 Å². The summed E-state index contributed by atoms with van der Waals surface area (Å²) < 4.78 is 12.8. The van der Waals surface area contributed by atoms with Crippen molar-refractivity contribution in [3.8, 4) is 45.1 Å². The van der Waals surface area contributed by atoms with Crippen LogP contribution in [0.2, 0.25) is 0 Å². The number of aromatic amines is 2. The average Bonchev–Trinajstić information content (AvgIpc) is 4.03. The molecule has 5 aromatic heterocycles. The summed E-state index contributed by atoms with van der Waals surface area (Å²) >= 11 is 0. The number of benzene rings is 3. The van der Waals surface area contributed by atoms with Crippen molar-refractivity contribution >= 4 is 113 Å². The fraction of sp³-hybridized carbons (Fsp3) is 0.0833. The molecule has 0 radical (unpaired) electrons. The highest BCUT2D eigenvalue weighted by atomic mass is 79.9. The first-order chi connectivity index (χ1) is 27.7. The number of H-pyrrole nitrogens is 2. The van der Waals surface area contributed by atoms with Crippen LogP contribution in [0.25, 0.3) is 78.6 Å². The van der Waals surface area contributed by atoms with Gasteiger partial charge in [-0.1, -0.05) is 48.5 Å². The molecule has 7 heterocycles. The molecule has 0 unspecified atom stereocenters. The Morgan fingerprint density at radius 1 is 0.483 bits per heavy atom. The van der Waals surface area contributed by atoms with Crippen LogP contribution < -0.4 is 9.47 Å². The van der Waals surface area contributed by atoms with E-state index in [1.54, 1.807) is 0 Å². The van der Waals surface area contributed by atoms with E-state index in [2.05, 4.69) is 111 Å². The predicted molar refractivity (Wildman–Crippen MR) is 265 cm³/mol. The molecule has 3 aromatic carbocycles. The molecule has 12 heteroatoms. The van der Waals surface area contributed by atoms with Crippen LogP contribution in [-0.2, 0) is 12.8 Å². The van der Waals surface area contributed by atoms with Crippen molar-refractivity contribution in [1.82, 2.24) is 29.9 Å². The molecule has 0 aliphatic carbocycles. The largest absolute Gasteiger partial charge is 0.493 e. The molecule has 2 aliphatic rings. The molecule has 60 heavy (non-hydrogen) atoms. The summed E-state index contributed by atoms with van der Waals surface area (Å²) in [6, 6.07) is 45.6. The molecule has 8 nitrogen and oxygen atoms in total. The number of nitrogens with one attached hydrogen (secondary N) is 2. The van der Waals surface area contributed by atoms with Crippen LogP contribution in [0.15, 0.2) is 146 Å². The van der Waals surface area contributed by atoms with Crippen LogP contribution >= 0.6 is 67.9 Å². The second-order valence-electron chi connectivity index (χ2n) is 13.9. The maximum Gasteiger partial charge on any atom is 0.123 e. The monoisotopic (exact) mass is 1050 g/mol. The molecule has 2 aliphatic heterocycles. The molecule has 302 valence electrons. The quantitative estimate of drug-likeness (QED) is 0.149. The molecule has 2 N–H and O–H groups in total. The lowest BCUT2D eigenvalue weighted by Crippen LogP contribution is -2.05. The van der Waals surface area contributed by atoms with Gasteiger partial charge >= 0.3 is 0 Å². The Morgan fingerprint density at radius 3 is 1.78 bits per heavy atom. The second-order valence-corrected chi connectivity index (χ2v) is 13.9. The van der Waals surface area contributed by atoms with Crippen molar-refractivity contribution in [1.29, 1.82) is 0 Å².